The molecule has 3 rings (SSSR count). The number of furan rings is 1. The van der Waals surface area contributed by atoms with Crippen LogP contribution in [0.25, 0.3) is 0 Å². The molecule has 4 heteroatoms. The molecular formula is C21H21NO2S. The van der Waals surface area contributed by atoms with E-state index in [0.717, 1.165) is 22.0 Å². The second-order valence-corrected chi connectivity index (χ2v) is 7.11. The predicted molar refractivity (Wildman–Crippen MR) is 101 cm³/mol. The Labute approximate surface area is 152 Å². The number of amides is 1. The zero-order valence-electron chi connectivity index (χ0n) is 14.4. The van der Waals surface area contributed by atoms with Gasteiger partial charge in [-0.25, -0.2) is 0 Å². The van der Waals surface area contributed by atoms with Gasteiger partial charge >= 0.3 is 0 Å². The molecule has 2 aromatic carbocycles. The van der Waals surface area contributed by atoms with Crippen LogP contribution < -0.4 is 0 Å². The highest BCUT2D eigenvalue weighted by atomic mass is 32.2. The van der Waals surface area contributed by atoms with Crippen LogP contribution >= 0.6 is 11.8 Å². The summed E-state index contributed by atoms with van der Waals surface area (Å²) >= 11 is 1.57. The van der Waals surface area contributed by atoms with Crippen molar-refractivity contribution < 1.29 is 9.21 Å². The van der Waals surface area contributed by atoms with Crippen LogP contribution in [0, 0.1) is 6.92 Å². The highest BCUT2D eigenvalue weighted by Crippen LogP contribution is 2.36. The second kappa shape index (κ2) is 8.08. The van der Waals surface area contributed by atoms with E-state index >= 15 is 0 Å². The van der Waals surface area contributed by atoms with Crippen molar-refractivity contribution in [1.29, 1.82) is 0 Å². The lowest BCUT2D eigenvalue weighted by Crippen LogP contribution is -2.30. The standard InChI is InChI=1S/C21H21NO2S/c1-16-13-14-18(24-16)15-22(2)21(23)20(17-9-5-3-6-10-17)25-19-11-7-4-8-12-19/h3-14,20H,15H2,1-2H3. The normalized spacial score (nSPS) is 11.9. The van der Waals surface area contributed by atoms with Crippen LogP contribution in [0.4, 0.5) is 0 Å². The lowest BCUT2D eigenvalue weighted by molar-refractivity contribution is -0.130. The zero-order valence-corrected chi connectivity index (χ0v) is 15.2. The van der Waals surface area contributed by atoms with Crippen LogP contribution in [-0.4, -0.2) is 17.9 Å². The van der Waals surface area contributed by atoms with E-state index in [2.05, 4.69) is 0 Å². The SMILES string of the molecule is Cc1ccc(CN(C)C(=O)C(Sc2ccccc2)c2ccccc2)o1. The van der Waals surface area contributed by atoms with E-state index in [4.69, 9.17) is 4.42 Å². The topological polar surface area (TPSA) is 33.5 Å². The van der Waals surface area contributed by atoms with Crippen molar-refractivity contribution in [2.45, 2.75) is 23.6 Å². The smallest absolute Gasteiger partial charge is 0.240 e. The molecule has 1 aromatic heterocycles. The first-order valence-corrected chi connectivity index (χ1v) is 9.08. The molecule has 0 bridgehead atoms. The number of carbonyl (C=O) groups is 1. The van der Waals surface area contributed by atoms with Gasteiger partial charge in [-0.15, -0.1) is 11.8 Å². The van der Waals surface area contributed by atoms with Crippen LogP contribution in [0.1, 0.15) is 22.3 Å². The summed E-state index contributed by atoms with van der Waals surface area (Å²) in [5.74, 6) is 1.72. The Hall–Kier alpha value is -2.46. The van der Waals surface area contributed by atoms with E-state index < -0.39 is 0 Å². The Balaban J connectivity index is 1.81. The predicted octanol–water partition coefficient (Wildman–Crippen LogP) is 5.08. The number of aryl methyl sites for hydroxylation is 1. The molecule has 128 valence electrons. The maximum Gasteiger partial charge on any atom is 0.240 e. The second-order valence-electron chi connectivity index (χ2n) is 5.93. The molecule has 1 atom stereocenters. The average molecular weight is 351 g/mol. The first kappa shape index (κ1) is 17.4. The highest BCUT2D eigenvalue weighted by molar-refractivity contribution is 8.00. The highest BCUT2D eigenvalue weighted by Gasteiger charge is 2.25. The summed E-state index contributed by atoms with van der Waals surface area (Å²) in [6.45, 7) is 2.37. The lowest BCUT2D eigenvalue weighted by Gasteiger charge is -2.23. The maximum absolute atomic E-state index is 13.1. The fourth-order valence-electron chi connectivity index (χ4n) is 2.61. The first-order valence-electron chi connectivity index (χ1n) is 8.20. The van der Waals surface area contributed by atoms with Crippen LogP contribution in [-0.2, 0) is 11.3 Å². The van der Waals surface area contributed by atoms with Crippen molar-refractivity contribution >= 4 is 17.7 Å². The lowest BCUT2D eigenvalue weighted by atomic mass is 10.1. The van der Waals surface area contributed by atoms with Gasteiger partial charge in [0.25, 0.3) is 0 Å². The molecule has 0 aliphatic carbocycles. The van der Waals surface area contributed by atoms with Gasteiger partial charge in [-0.05, 0) is 36.8 Å². The summed E-state index contributed by atoms with van der Waals surface area (Å²) < 4.78 is 5.61. The third kappa shape index (κ3) is 4.54. The molecule has 0 radical (unpaired) electrons. The molecule has 0 aliphatic heterocycles. The Bertz CT molecular complexity index is 814. The summed E-state index contributed by atoms with van der Waals surface area (Å²) in [4.78, 5) is 15.9. The molecule has 1 heterocycles. The summed E-state index contributed by atoms with van der Waals surface area (Å²) in [5.41, 5.74) is 1.00. The zero-order chi connectivity index (χ0) is 17.6. The van der Waals surface area contributed by atoms with Crippen LogP contribution in [0.2, 0.25) is 0 Å². The van der Waals surface area contributed by atoms with Gasteiger partial charge in [0.1, 0.15) is 16.8 Å². The minimum absolute atomic E-state index is 0.0640. The first-order chi connectivity index (χ1) is 12.1. The molecule has 0 fully saturated rings. The number of hydrogen-bond acceptors (Lipinski definition) is 3. The Morgan fingerprint density at radius 1 is 1.00 bits per heavy atom. The quantitative estimate of drug-likeness (QED) is 0.581. The number of thioether (sulfide) groups is 1. The number of hydrogen-bond donors (Lipinski definition) is 0. The van der Waals surface area contributed by atoms with Gasteiger partial charge in [0.05, 0.1) is 6.54 Å². The van der Waals surface area contributed by atoms with Gasteiger partial charge in [0.2, 0.25) is 5.91 Å². The van der Waals surface area contributed by atoms with Crippen molar-refractivity contribution in [3.05, 3.63) is 89.9 Å². The average Bonchev–Trinajstić information content (AvgIpc) is 3.05. The van der Waals surface area contributed by atoms with Crippen LogP contribution in [0.5, 0.6) is 0 Å². The number of rotatable bonds is 6. The van der Waals surface area contributed by atoms with Crippen molar-refractivity contribution in [3.8, 4) is 0 Å². The van der Waals surface area contributed by atoms with Gasteiger partial charge in [0.15, 0.2) is 0 Å². The Kier molecular flexibility index (Phi) is 5.61. The molecule has 0 N–H and O–H groups in total. The number of carbonyl (C=O) groups excluding carboxylic acids is 1. The molecule has 25 heavy (non-hydrogen) atoms. The fraction of sp³-hybridized carbons (Fsp3) is 0.190. The van der Waals surface area contributed by atoms with Gasteiger partial charge in [-0.2, -0.15) is 0 Å². The van der Waals surface area contributed by atoms with Crippen molar-refractivity contribution in [3.63, 3.8) is 0 Å². The minimum Gasteiger partial charge on any atom is -0.464 e. The summed E-state index contributed by atoms with van der Waals surface area (Å²) in [5, 5.41) is -0.287. The van der Waals surface area contributed by atoms with Gasteiger partial charge in [0, 0.05) is 11.9 Å². The third-order valence-corrected chi connectivity index (χ3v) is 5.14. The molecule has 0 aliphatic rings. The minimum atomic E-state index is -0.287. The van der Waals surface area contributed by atoms with Gasteiger partial charge in [-0.1, -0.05) is 48.5 Å². The van der Waals surface area contributed by atoms with E-state index in [-0.39, 0.29) is 11.2 Å². The van der Waals surface area contributed by atoms with E-state index in [1.165, 1.54) is 0 Å². The molecule has 3 aromatic rings. The summed E-state index contributed by atoms with van der Waals surface area (Å²) in [7, 11) is 1.82. The van der Waals surface area contributed by atoms with E-state index in [1.807, 2.05) is 86.8 Å². The molecule has 0 spiro atoms. The van der Waals surface area contributed by atoms with Gasteiger partial charge < -0.3 is 9.32 Å². The Morgan fingerprint density at radius 2 is 1.64 bits per heavy atom. The molecule has 1 amide bonds. The van der Waals surface area contributed by atoms with Gasteiger partial charge in [-0.3, -0.25) is 4.79 Å². The van der Waals surface area contributed by atoms with Crippen molar-refractivity contribution in [2.24, 2.45) is 0 Å². The molecule has 1 unspecified atom stereocenters. The van der Waals surface area contributed by atoms with Crippen molar-refractivity contribution in [2.75, 3.05) is 7.05 Å². The fourth-order valence-corrected chi connectivity index (χ4v) is 3.77. The summed E-state index contributed by atoms with van der Waals surface area (Å²) in [6.07, 6.45) is 0. The van der Waals surface area contributed by atoms with Crippen LogP contribution in [0.3, 0.4) is 0 Å². The molecule has 0 saturated heterocycles. The molecule has 0 saturated carbocycles. The number of likely N-dealkylation sites (N-methyl/N-ethyl adjacent to an activating group) is 1. The van der Waals surface area contributed by atoms with E-state index in [0.29, 0.717) is 6.54 Å². The van der Waals surface area contributed by atoms with E-state index in [1.54, 1.807) is 16.7 Å². The Morgan fingerprint density at radius 3 is 2.24 bits per heavy atom. The molecular weight excluding hydrogens is 330 g/mol. The maximum atomic E-state index is 13.1. The summed E-state index contributed by atoms with van der Waals surface area (Å²) in [6, 6.07) is 23.8. The largest absolute Gasteiger partial charge is 0.464 e. The van der Waals surface area contributed by atoms with E-state index in [9.17, 15) is 4.79 Å². The monoisotopic (exact) mass is 351 g/mol. The molecule has 3 nitrogen and oxygen atoms in total. The number of nitrogens with zero attached hydrogens (tertiary/aromatic N) is 1. The van der Waals surface area contributed by atoms with Crippen molar-refractivity contribution in [1.82, 2.24) is 4.90 Å². The third-order valence-electron chi connectivity index (χ3n) is 3.89. The van der Waals surface area contributed by atoms with Crippen LogP contribution in [0.15, 0.2) is 82.1 Å². The number of benzene rings is 2.